The lowest BCUT2D eigenvalue weighted by atomic mass is 9.91. The zero-order valence-electron chi connectivity index (χ0n) is 10.5. The van der Waals surface area contributed by atoms with Crippen LogP contribution in [-0.4, -0.2) is 40.9 Å². The summed E-state index contributed by atoms with van der Waals surface area (Å²) in [5.41, 5.74) is -0.446. The van der Waals surface area contributed by atoms with Gasteiger partial charge in [0.15, 0.2) is 0 Å². The first-order chi connectivity index (χ1) is 7.44. The summed E-state index contributed by atoms with van der Waals surface area (Å²) in [6.45, 7) is 6.32. The summed E-state index contributed by atoms with van der Waals surface area (Å²) in [4.78, 5) is 13.7. The second-order valence-electron chi connectivity index (χ2n) is 5.34. The van der Waals surface area contributed by atoms with Crippen LogP contribution in [-0.2, 0) is 4.74 Å². The summed E-state index contributed by atoms with van der Waals surface area (Å²) in [5.74, 6) is 0. The van der Waals surface area contributed by atoms with E-state index in [9.17, 15) is 4.79 Å². The first kappa shape index (κ1) is 13.3. The molecule has 1 saturated carbocycles. The van der Waals surface area contributed by atoms with E-state index in [1.165, 1.54) is 6.42 Å². The Hall–Kier alpha value is -0.770. The maximum Gasteiger partial charge on any atom is 0.410 e. The summed E-state index contributed by atoms with van der Waals surface area (Å²) in [5, 5.41) is 8.82. The van der Waals surface area contributed by atoms with Gasteiger partial charge in [-0.05, 0) is 46.5 Å². The van der Waals surface area contributed by atoms with Crippen molar-refractivity contribution in [3.8, 4) is 0 Å². The van der Waals surface area contributed by atoms with E-state index in [4.69, 9.17) is 9.84 Å². The molecule has 94 valence electrons. The molecule has 1 aliphatic carbocycles. The number of nitrogens with zero attached hydrogens (tertiary/aromatic N) is 1. The summed E-state index contributed by atoms with van der Waals surface area (Å²) in [7, 11) is 0. The lowest BCUT2D eigenvalue weighted by Gasteiger charge is -2.38. The van der Waals surface area contributed by atoms with Gasteiger partial charge >= 0.3 is 6.09 Å². The molecule has 1 fully saturated rings. The van der Waals surface area contributed by atoms with Gasteiger partial charge in [-0.15, -0.1) is 0 Å². The molecule has 0 aromatic heterocycles. The van der Waals surface area contributed by atoms with Crippen molar-refractivity contribution in [1.29, 1.82) is 0 Å². The van der Waals surface area contributed by atoms with Crippen molar-refractivity contribution in [3.05, 3.63) is 0 Å². The van der Waals surface area contributed by atoms with Crippen molar-refractivity contribution >= 4 is 6.09 Å². The highest BCUT2D eigenvalue weighted by atomic mass is 16.6. The van der Waals surface area contributed by atoms with Gasteiger partial charge in [-0.25, -0.2) is 4.79 Å². The Morgan fingerprint density at radius 3 is 2.44 bits per heavy atom. The van der Waals surface area contributed by atoms with Crippen LogP contribution in [0.2, 0.25) is 0 Å². The maximum atomic E-state index is 11.9. The summed E-state index contributed by atoms with van der Waals surface area (Å²) in [6, 6.07) is 0.321. The van der Waals surface area contributed by atoms with Gasteiger partial charge in [-0.2, -0.15) is 0 Å². The van der Waals surface area contributed by atoms with Gasteiger partial charge in [-0.1, -0.05) is 0 Å². The fourth-order valence-corrected chi connectivity index (χ4v) is 1.68. The molecule has 0 heterocycles. The fraction of sp³-hybridized carbons (Fsp3) is 0.917. The SMILES string of the molecule is CC(C)(C)OC(=O)N(CCCO)C1CCC1. The number of carbonyl (C=O) groups excluding carboxylic acids is 1. The number of aliphatic hydroxyl groups is 1. The van der Waals surface area contributed by atoms with E-state index in [1.807, 2.05) is 20.8 Å². The molecule has 0 saturated heterocycles. The van der Waals surface area contributed by atoms with E-state index in [0.29, 0.717) is 19.0 Å². The third-order valence-corrected chi connectivity index (χ3v) is 2.70. The first-order valence-electron chi connectivity index (χ1n) is 6.04. The molecule has 1 aliphatic rings. The van der Waals surface area contributed by atoms with Crippen LogP contribution < -0.4 is 0 Å². The third kappa shape index (κ3) is 4.00. The Labute approximate surface area is 97.6 Å². The van der Waals surface area contributed by atoms with Gasteiger partial charge in [0.05, 0.1) is 0 Å². The van der Waals surface area contributed by atoms with Crippen molar-refractivity contribution < 1.29 is 14.6 Å². The minimum Gasteiger partial charge on any atom is -0.444 e. The number of amides is 1. The molecule has 1 amide bonds. The van der Waals surface area contributed by atoms with E-state index in [1.54, 1.807) is 4.90 Å². The number of hydrogen-bond acceptors (Lipinski definition) is 3. The zero-order chi connectivity index (χ0) is 12.2. The van der Waals surface area contributed by atoms with Gasteiger partial charge in [0.2, 0.25) is 0 Å². The van der Waals surface area contributed by atoms with Crippen LogP contribution in [0.1, 0.15) is 46.5 Å². The normalized spacial score (nSPS) is 16.8. The molecule has 0 spiro atoms. The Bertz CT molecular complexity index is 231. The Morgan fingerprint density at radius 1 is 1.44 bits per heavy atom. The van der Waals surface area contributed by atoms with Crippen molar-refractivity contribution in [2.75, 3.05) is 13.2 Å². The number of rotatable bonds is 4. The molecule has 16 heavy (non-hydrogen) atoms. The van der Waals surface area contributed by atoms with Gasteiger partial charge < -0.3 is 14.7 Å². The molecule has 0 aliphatic heterocycles. The number of hydrogen-bond donors (Lipinski definition) is 1. The predicted octanol–water partition coefficient (Wildman–Crippen LogP) is 2.16. The molecular formula is C12H23NO3. The Kier molecular flexibility index (Phi) is 4.59. The second-order valence-corrected chi connectivity index (χ2v) is 5.34. The Balaban J connectivity index is 2.50. The fourth-order valence-electron chi connectivity index (χ4n) is 1.68. The molecule has 1 rings (SSSR count). The third-order valence-electron chi connectivity index (χ3n) is 2.70. The molecule has 0 atom stereocenters. The van der Waals surface area contributed by atoms with Crippen molar-refractivity contribution in [3.63, 3.8) is 0 Å². The highest BCUT2D eigenvalue weighted by Gasteiger charge is 2.31. The van der Waals surface area contributed by atoms with Crippen LogP contribution >= 0.6 is 0 Å². The van der Waals surface area contributed by atoms with Crippen molar-refractivity contribution in [2.24, 2.45) is 0 Å². The topological polar surface area (TPSA) is 49.8 Å². The predicted molar refractivity (Wildman–Crippen MR) is 62.3 cm³/mol. The van der Waals surface area contributed by atoms with Crippen LogP contribution in [0.3, 0.4) is 0 Å². The molecule has 0 bridgehead atoms. The lowest BCUT2D eigenvalue weighted by molar-refractivity contribution is 0.00584. The van der Waals surface area contributed by atoms with Gasteiger partial charge in [-0.3, -0.25) is 0 Å². The average Bonchev–Trinajstić information content (AvgIpc) is 2.05. The molecule has 4 nitrogen and oxygen atoms in total. The van der Waals surface area contributed by atoms with Crippen molar-refractivity contribution in [1.82, 2.24) is 4.90 Å². The highest BCUT2D eigenvalue weighted by molar-refractivity contribution is 5.68. The minimum absolute atomic E-state index is 0.117. The standard InChI is InChI=1S/C12H23NO3/c1-12(2,3)16-11(15)13(8-5-9-14)10-6-4-7-10/h10,14H,4-9H2,1-3H3. The van der Waals surface area contributed by atoms with Gasteiger partial charge in [0, 0.05) is 19.2 Å². The van der Waals surface area contributed by atoms with Crippen LogP contribution in [0.15, 0.2) is 0 Å². The zero-order valence-corrected chi connectivity index (χ0v) is 10.5. The Morgan fingerprint density at radius 2 is 2.06 bits per heavy atom. The van der Waals surface area contributed by atoms with E-state index in [2.05, 4.69) is 0 Å². The molecule has 0 radical (unpaired) electrons. The van der Waals surface area contributed by atoms with Crippen LogP contribution in [0, 0.1) is 0 Å². The van der Waals surface area contributed by atoms with E-state index < -0.39 is 5.60 Å². The molecule has 0 unspecified atom stereocenters. The number of ether oxygens (including phenoxy) is 1. The van der Waals surface area contributed by atoms with Gasteiger partial charge in [0.1, 0.15) is 5.60 Å². The highest BCUT2D eigenvalue weighted by Crippen LogP contribution is 2.26. The monoisotopic (exact) mass is 229 g/mol. The maximum absolute atomic E-state index is 11.9. The van der Waals surface area contributed by atoms with Crippen molar-refractivity contribution in [2.45, 2.75) is 58.1 Å². The molecule has 4 heteroatoms. The quantitative estimate of drug-likeness (QED) is 0.803. The smallest absolute Gasteiger partial charge is 0.410 e. The second kappa shape index (κ2) is 5.53. The average molecular weight is 229 g/mol. The van der Waals surface area contributed by atoms with E-state index in [0.717, 1.165) is 12.8 Å². The van der Waals surface area contributed by atoms with Crippen LogP contribution in [0.4, 0.5) is 4.79 Å². The number of carbonyl (C=O) groups is 1. The molecule has 0 aromatic rings. The van der Waals surface area contributed by atoms with Crippen LogP contribution in [0.25, 0.3) is 0 Å². The minimum atomic E-state index is -0.446. The van der Waals surface area contributed by atoms with E-state index in [-0.39, 0.29) is 12.7 Å². The summed E-state index contributed by atoms with van der Waals surface area (Å²) in [6.07, 6.45) is 3.68. The number of aliphatic hydroxyl groups excluding tert-OH is 1. The lowest BCUT2D eigenvalue weighted by Crippen LogP contribution is -2.47. The largest absolute Gasteiger partial charge is 0.444 e. The van der Waals surface area contributed by atoms with Crippen LogP contribution in [0.5, 0.6) is 0 Å². The summed E-state index contributed by atoms with van der Waals surface area (Å²) < 4.78 is 5.36. The summed E-state index contributed by atoms with van der Waals surface area (Å²) >= 11 is 0. The molecular weight excluding hydrogens is 206 g/mol. The van der Waals surface area contributed by atoms with E-state index >= 15 is 0 Å². The van der Waals surface area contributed by atoms with Gasteiger partial charge in [0.25, 0.3) is 0 Å². The first-order valence-corrected chi connectivity index (χ1v) is 6.04. The molecule has 0 aromatic carbocycles. The molecule has 1 N–H and O–H groups in total.